The number of hydrogen-bond donors (Lipinski definition) is 2. The van der Waals surface area contributed by atoms with E-state index in [-0.39, 0.29) is 12.5 Å². The van der Waals surface area contributed by atoms with Gasteiger partial charge < -0.3 is 15.2 Å². The number of carbonyl (C=O) groups is 1. The second-order valence-electron chi connectivity index (χ2n) is 4.22. The summed E-state index contributed by atoms with van der Waals surface area (Å²) in [6.07, 6.45) is 1.63. The van der Waals surface area contributed by atoms with Gasteiger partial charge in [-0.1, -0.05) is 30.3 Å². The second-order valence-corrected chi connectivity index (χ2v) is 4.22. The zero-order chi connectivity index (χ0) is 13.5. The van der Waals surface area contributed by atoms with E-state index in [0.29, 0.717) is 13.1 Å². The molecular weight excluding hydrogens is 242 g/mol. The van der Waals surface area contributed by atoms with Gasteiger partial charge in [0.25, 0.3) is 0 Å². The van der Waals surface area contributed by atoms with Gasteiger partial charge >= 0.3 is 0 Å². The van der Waals surface area contributed by atoms with Crippen LogP contribution in [0.1, 0.15) is 11.4 Å². The minimum atomic E-state index is -0.0361. The van der Waals surface area contributed by atoms with Gasteiger partial charge in [-0.15, -0.1) is 10.2 Å². The molecule has 0 atom stereocenters. The van der Waals surface area contributed by atoms with E-state index in [4.69, 9.17) is 0 Å². The normalized spacial score (nSPS) is 10.4. The first kappa shape index (κ1) is 13.2. The molecular formula is C13H17N5O. The fourth-order valence-corrected chi connectivity index (χ4v) is 1.61. The van der Waals surface area contributed by atoms with Gasteiger partial charge in [0.2, 0.25) is 5.91 Å². The summed E-state index contributed by atoms with van der Waals surface area (Å²) in [6, 6.07) is 9.82. The molecule has 1 heterocycles. The summed E-state index contributed by atoms with van der Waals surface area (Å²) in [4.78, 5) is 11.6. The van der Waals surface area contributed by atoms with Crippen molar-refractivity contribution in [1.29, 1.82) is 0 Å². The Balaban J connectivity index is 1.66. The van der Waals surface area contributed by atoms with Gasteiger partial charge in [0.05, 0.1) is 13.1 Å². The highest BCUT2D eigenvalue weighted by atomic mass is 16.1. The molecule has 1 amide bonds. The summed E-state index contributed by atoms with van der Waals surface area (Å²) in [5.41, 5.74) is 1.09. The maximum atomic E-state index is 11.6. The molecule has 0 bridgehead atoms. The molecule has 0 aliphatic carbocycles. The lowest BCUT2D eigenvalue weighted by molar-refractivity contribution is -0.120. The SMILES string of the molecule is Cn1cnnc1CNCC(=O)NCc1ccccc1. The number of aryl methyl sites for hydroxylation is 1. The van der Waals surface area contributed by atoms with E-state index < -0.39 is 0 Å². The zero-order valence-corrected chi connectivity index (χ0v) is 10.8. The van der Waals surface area contributed by atoms with Gasteiger partial charge in [0.1, 0.15) is 12.2 Å². The van der Waals surface area contributed by atoms with Crippen molar-refractivity contribution in [2.24, 2.45) is 7.05 Å². The topological polar surface area (TPSA) is 71.8 Å². The van der Waals surface area contributed by atoms with Crippen molar-refractivity contribution >= 4 is 5.91 Å². The number of nitrogens with one attached hydrogen (secondary N) is 2. The molecule has 0 aliphatic rings. The predicted molar refractivity (Wildman–Crippen MR) is 71.0 cm³/mol. The summed E-state index contributed by atoms with van der Waals surface area (Å²) < 4.78 is 1.81. The maximum absolute atomic E-state index is 11.6. The van der Waals surface area contributed by atoms with Crippen LogP contribution in [0.2, 0.25) is 0 Å². The van der Waals surface area contributed by atoms with Crippen molar-refractivity contribution < 1.29 is 4.79 Å². The molecule has 0 unspecified atom stereocenters. The number of carbonyl (C=O) groups excluding carboxylic acids is 1. The van der Waals surface area contributed by atoms with E-state index >= 15 is 0 Å². The maximum Gasteiger partial charge on any atom is 0.234 e. The molecule has 6 nitrogen and oxygen atoms in total. The number of benzene rings is 1. The first-order chi connectivity index (χ1) is 9.25. The summed E-state index contributed by atoms with van der Waals surface area (Å²) in [5.74, 6) is 0.766. The van der Waals surface area contributed by atoms with E-state index in [1.807, 2.05) is 41.9 Å². The molecule has 0 fully saturated rings. The van der Waals surface area contributed by atoms with Gasteiger partial charge in [-0.2, -0.15) is 0 Å². The lowest BCUT2D eigenvalue weighted by Crippen LogP contribution is -2.33. The Morgan fingerprint density at radius 1 is 1.26 bits per heavy atom. The highest BCUT2D eigenvalue weighted by Crippen LogP contribution is 1.96. The minimum Gasteiger partial charge on any atom is -0.351 e. The summed E-state index contributed by atoms with van der Waals surface area (Å²) in [5, 5.41) is 13.6. The van der Waals surface area contributed by atoms with Crippen molar-refractivity contribution in [3.05, 3.63) is 48.0 Å². The van der Waals surface area contributed by atoms with Crippen molar-refractivity contribution in [3.8, 4) is 0 Å². The van der Waals surface area contributed by atoms with Crippen LogP contribution < -0.4 is 10.6 Å². The highest BCUT2D eigenvalue weighted by molar-refractivity contribution is 5.77. The molecule has 0 radical (unpaired) electrons. The Hall–Kier alpha value is -2.21. The van der Waals surface area contributed by atoms with E-state index in [0.717, 1.165) is 11.4 Å². The van der Waals surface area contributed by atoms with Gasteiger partial charge in [-0.25, -0.2) is 0 Å². The molecule has 2 rings (SSSR count). The van der Waals surface area contributed by atoms with Crippen LogP contribution in [0.4, 0.5) is 0 Å². The van der Waals surface area contributed by atoms with Crippen molar-refractivity contribution in [3.63, 3.8) is 0 Å². The molecule has 1 aromatic heterocycles. The molecule has 0 aliphatic heterocycles. The van der Waals surface area contributed by atoms with Crippen LogP contribution in [0.3, 0.4) is 0 Å². The van der Waals surface area contributed by atoms with Crippen LogP contribution in [0.25, 0.3) is 0 Å². The van der Waals surface area contributed by atoms with E-state index in [1.54, 1.807) is 6.33 Å². The second kappa shape index (κ2) is 6.65. The Morgan fingerprint density at radius 2 is 2.05 bits per heavy atom. The number of hydrogen-bond acceptors (Lipinski definition) is 4. The molecule has 1 aromatic carbocycles. The molecule has 6 heteroatoms. The minimum absolute atomic E-state index is 0.0361. The molecule has 0 saturated carbocycles. The van der Waals surface area contributed by atoms with E-state index in [1.165, 1.54) is 0 Å². The lowest BCUT2D eigenvalue weighted by Gasteiger charge is -2.06. The molecule has 0 spiro atoms. The average Bonchev–Trinajstić information content (AvgIpc) is 2.83. The largest absolute Gasteiger partial charge is 0.351 e. The van der Waals surface area contributed by atoms with Gasteiger partial charge in [-0.05, 0) is 5.56 Å². The number of nitrogens with zero attached hydrogens (tertiary/aromatic N) is 3. The van der Waals surface area contributed by atoms with E-state index in [9.17, 15) is 4.79 Å². The third-order valence-electron chi connectivity index (χ3n) is 2.71. The smallest absolute Gasteiger partial charge is 0.234 e. The summed E-state index contributed by atoms with van der Waals surface area (Å²) >= 11 is 0. The standard InChI is InChI=1S/C13H17N5O/c1-18-10-16-17-12(18)8-14-9-13(19)15-7-11-5-3-2-4-6-11/h2-6,10,14H,7-9H2,1H3,(H,15,19). The Labute approximate surface area is 111 Å². The Kier molecular flexibility index (Phi) is 4.63. The average molecular weight is 259 g/mol. The number of amides is 1. The van der Waals surface area contributed by atoms with Crippen LogP contribution in [0.5, 0.6) is 0 Å². The van der Waals surface area contributed by atoms with Crippen LogP contribution >= 0.6 is 0 Å². The fraction of sp³-hybridized carbons (Fsp3) is 0.308. The molecule has 19 heavy (non-hydrogen) atoms. The van der Waals surface area contributed by atoms with Crippen molar-refractivity contribution in [2.75, 3.05) is 6.54 Å². The first-order valence-corrected chi connectivity index (χ1v) is 6.10. The number of aromatic nitrogens is 3. The molecule has 100 valence electrons. The van der Waals surface area contributed by atoms with E-state index in [2.05, 4.69) is 20.8 Å². The highest BCUT2D eigenvalue weighted by Gasteiger charge is 2.03. The van der Waals surface area contributed by atoms with Gasteiger partial charge in [0.15, 0.2) is 0 Å². The predicted octanol–water partition coefficient (Wildman–Crippen LogP) is 0.221. The third kappa shape index (κ3) is 4.18. The van der Waals surface area contributed by atoms with Crippen LogP contribution in [0, 0.1) is 0 Å². The van der Waals surface area contributed by atoms with Crippen molar-refractivity contribution in [2.45, 2.75) is 13.1 Å². The summed E-state index contributed by atoms with van der Waals surface area (Å²) in [6.45, 7) is 1.33. The monoisotopic (exact) mass is 259 g/mol. The van der Waals surface area contributed by atoms with Gasteiger partial charge in [0, 0.05) is 13.6 Å². The lowest BCUT2D eigenvalue weighted by atomic mass is 10.2. The molecule has 2 N–H and O–H groups in total. The van der Waals surface area contributed by atoms with Crippen LogP contribution in [-0.4, -0.2) is 27.2 Å². The number of rotatable bonds is 6. The molecule has 0 saturated heterocycles. The quantitative estimate of drug-likeness (QED) is 0.778. The van der Waals surface area contributed by atoms with Gasteiger partial charge in [-0.3, -0.25) is 4.79 Å². The zero-order valence-electron chi connectivity index (χ0n) is 10.8. The Morgan fingerprint density at radius 3 is 2.74 bits per heavy atom. The van der Waals surface area contributed by atoms with Crippen LogP contribution in [-0.2, 0) is 24.9 Å². The first-order valence-electron chi connectivity index (χ1n) is 6.10. The van der Waals surface area contributed by atoms with Crippen molar-refractivity contribution in [1.82, 2.24) is 25.4 Å². The summed E-state index contributed by atoms with van der Waals surface area (Å²) in [7, 11) is 1.87. The third-order valence-corrected chi connectivity index (χ3v) is 2.71. The fourth-order valence-electron chi connectivity index (χ4n) is 1.61. The molecule has 2 aromatic rings. The van der Waals surface area contributed by atoms with Crippen LogP contribution in [0.15, 0.2) is 36.7 Å². The Bertz CT molecular complexity index is 523.